The maximum atomic E-state index is 12.9. The fourth-order valence-corrected chi connectivity index (χ4v) is 4.99. The van der Waals surface area contributed by atoms with Crippen LogP contribution in [0, 0.1) is 6.92 Å². The zero-order valence-electron chi connectivity index (χ0n) is 17.0. The van der Waals surface area contributed by atoms with E-state index in [1.165, 1.54) is 4.31 Å². The Hall–Kier alpha value is -2.22. The second kappa shape index (κ2) is 9.52. The van der Waals surface area contributed by atoms with E-state index >= 15 is 0 Å². The van der Waals surface area contributed by atoms with Gasteiger partial charge in [-0.1, -0.05) is 48.0 Å². The Balaban J connectivity index is 1.55. The molecule has 1 aliphatic rings. The lowest BCUT2D eigenvalue weighted by Gasteiger charge is -2.22. The Morgan fingerprint density at radius 2 is 1.69 bits per heavy atom. The maximum absolute atomic E-state index is 12.9. The van der Waals surface area contributed by atoms with Crippen molar-refractivity contribution in [1.29, 1.82) is 0 Å². The van der Waals surface area contributed by atoms with Crippen molar-refractivity contribution in [3.8, 4) is 0 Å². The molecule has 7 heteroatoms. The van der Waals surface area contributed by atoms with E-state index in [1.807, 2.05) is 61.2 Å². The third-order valence-electron chi connectivity index (χ3n) is 5.25. The number of nitrogens with one attached hydrogen (secondary N) is 1. The average molecular weight is 416 g/mol. The van der Waals surface area contributed by atoms with Gasteiger partial charge in [0, 0.05) is 19.6 Å². The summed E-state index contributed by atoms with van der Waals surface area (Å²) >= 11 is 0. The molecule has 1 amide bonds. The summed E-state index contributed by atoms with van der Waals surface area (Å²) in [5.41, 5.74) is 2.09. The molecule has 156 valence electrons. The molecule has 0 aliphatic carbocycles. The van der Waals surface area contributed by atoms with Crippen molar-refractivity contribution in [1.82, 2.24) is 14.5 Å². The number of amides is 1. The fourth-order valence-electron chi connectivity index (χ4n) is 3.52. The van der Waals surface area contributed by atoms with Crippen LogP contribution in [-0.2, 0) is 14.8 Å². The number of hydrogen-bond donors (Lipinski definition) is 1. The van der Waals surface area contributed by atoms with E-state index in [4.69, 9.17) is 0 Å². The first-order valence-electron chi connectivity index (χ1n) is 10.00. The van der Waals surface area contributed by atoms with Gasteiger partial charge in [0.05, 0.1) is 17.5 Å². The molecule has 29 heavy (non-hydrogen) atoms. The van der Waals surface area contributed by atoms with Crippen LogP contribution in [0.25, 0.3) is 0 Å². The highest BCUT2D eigenvalue weighted by Gasteiger charge is 2.27. The third kappa shape index (κ3) is 5.65. The first kappa shape index (κ1) is 21.5. The number of benzene rings is 2. The lowest BCUT2D eigenvalue weighted by molar-refractivity contribution is -0.122. The van der Waals surface area contributed by atoms with Crippen LogP contribution in [-0.4, -0.2) is 56.3 Å². The Bertz CT molecular complexity index is 914. The molecule has 3 rings (SSSR count). The highest BCUT2D eigenvalue weighted by molar-refractivity contribution is 7.89. The van der Waals surface area contributed by atoms with Gasteiger partial charge in [0.25, 0.3) is 0 Å². The van der Waals surface area contributed by atoms with Gasteiger partial charge in [0.2, 0.25) is 15.9 Å². The van der Waals surface area contributed by atoms with Gasteiger partial charge in [0.15, 0.2) is 0 Å². The molecule has 1 unspecified atom stereocenters. The molecule has 1 heterocycles. The maximum Gasteiger partial charge on any atom is 0.243 e. The minimum Gasteiger partial charge on any atom is -0.348 e. The highest BCUT2D eigenvalue weighted by Crippen LogP contribution is 2.18. The molecule has 1 fully saturated rings. The molecule has 0 bridgehead atoms. The number of hydrogen-bond acceptors (Lipinski definition) is 4. The summed E-state index contributed by atoms with van der Waals surface area (Å²) in [6.45, 7) is 6.27. The number of carbonyl (C=O) groups is 1. The molecular weight excluding hydrogens is 386 g/mol. The van der Waals surface area contributed by atoms with Crippen LogP contribution >= 0.6 is 0 Å². The second-order valence-electron chi connectivity index (χ2n) is 7.55. The fraction of sp³-hybridized carbons (Fsp3) is 0.409. The Kier molecular flexibility index (Phi) is 7.05. The monoisotopic (exact) mass is 415 g/mol. The van der Waals surface area contributed by atoms with E-state index in [-0.39, 0.29) is 18.5 Å². The van der Waals surface area contributed by atoms with E-state index in [1.54, 1.807) is 12.1 Å². The first-order valence-corrected chi connectivity index (χ1v) is 11.4. The zero-order chi connectivity index (χ0) is 20.9. The average Bonchev–Trinajstić information content (AvgIpc) is 2.95. The largest absolute Gasteiger partial charge is 0.348 e. The molecule has 0 saturated carbocycles. The van der Waals surface area contributed by atoms with Crippen LogP contribution in [0.2, 0.25) is 0 Å². The van der Waals surface area contributed by atoms with Crippen molar-refractivity contribution >= 4 is 15.9 Å². The molecule has 0 radical (unpaired) electrons. The van der Waals surface area contributed by atoms with Crippen molar-refractivity contribution in [3.63, 3.8) is 0 Å². The molecule has 1 saturated heterocycles. The van der Waals surface area contributed by atoms with Crippen molar-refractivity contribution in [2.75, 3.05) is 32.7 Å². The van der Waals surface area contributed by atoms with E-state index in [9.17, 15) is 13.2 Å². The molecule has 2 aromatic rings. The van der Waals surface area contributed by atoms with Gasteiger partial charge in [-0.2, -0.15) is 4.31 Å². The number of sulfonamides is 1. The summed E-state index contributed by atoms with van der Waals surface area (Å²) < 4.78 is 27.4. The van der Waals surface area contributed by atoms with Crippen molar-refractivity contribution in [3.05, 3.63) is 65.7 Å². The van der Waals surface area contributed by atoms with E-state index in [0.29, 0.717) is 37.5 Å². The Morgan fingerprint density at radius 1 is 1.00 bits per heavy atom. The molecule has 1 atom stereocenters. The number of nitrogens with zero attached hydrogens (tertiary/aromatic N) is 2. The summed E-state index contributed by atoms with van der Waals surface area (Å²) in [6.07, 6.45) is 0.701. The van der Waals surface area contributed by atoms with Crippen LogP contribution in [0.5, 0.6) is 0 Å². The zero-order valence-corrected chi connectivity index (χ0v) is 17.9. The molecule has 0 aromatic heterocycles. The normalized spacial score (nSPS) is 17.4. The highest BCUT2D eigenvalue weighted by atomic mass is 32.2. The number of rotatable bonds is 6. The summed E-state index contributed by atoms with van der Waals surface area (Å²) in [6, 6.07) is 16.7. The van der Waals surface area contributed by atoms with Crippen molar-refractivity contribution < 1.29 is 13.2 Å². The van der Waals surface area contributed by atoms with Gasteiger partial charge >= 0.3 is 0 Å². The minimum atomic E-state index is -3.50. The van der Waals surface area contributed by atoms with Crippen LogP contribution in [0.15, 0.2) is 59.5 Å². The summed E-state index contributed by atoms with van der Waals surface area (Å²) in [4.78, 5) is 14.8. The number of carbonyl (C=O) groups excluding carboxylic acids is 1. The Labute approximate surface area is 173 Å². The summed E-state index contributed by atoms with van der Waals surface area (Å²) in [5.74, 6) is -0.0452. The standard InChI is InChI=1S/C22H29N3O3S/c1-18-9-11-21(12-10-18)29(27,28)25-14-6-13-24(15-16-25)17-22(26)23-19(2)20-7-4-3-5-8-20/h3-5,7-12,19H,6,13-17H2,1-2H3,(H,23,26). The smallest absolute Gasteiger partial charge is 0.243 e. The van der Waals surface area contributed by atoms with Gasteiger partial charge in [-0.15, -0.1) is 0 Å². The second-order valence-corrected chi connectivity index (χ2v) is 9.48. The van der Waals surface area contributed by atoms with E-state index in [2.05, 4.69) is 5.32 Å². The van der Waals surface area contributed by atoms with Gasteiger partial charge < -0.3 is 5.32 Å². The molecular formula is C22H29N3O3S. The van der Waals surface area contributed by atoms with Crippen LogP contribution in [0.4, 0.5) is 0 Å². The molecule has 2 aromatic carbocycles. The predicted octanol–water partition coefficient (Wildman–Crippen LogP) is 2.57. The van der Waals surface area contributed by atoms with Gasteiger partial charge in [0.1, 0.15) is 0 Å². The van der Waals surface area contributed by atoms with E-state index < -0.39 is 10.0 Å². The lowest BCUT2D eigenvalue weighted by atomic mass is 10.1. The first-order chi connectivity index (χ1) is 13.9. The summed E-state index contributed by atoms with van der Waals surface area (Å²) in [7, 11) is -3.50. The predicted molar refractivity (Wildman–Crippen MR) is 114 cm³/mol. The van der Waals surface area contributed by atoms with Crippen LogP contribution in [0.3, 0.4) is 0 Å². The quantitative estimate of drug-likeness (QED) is 0.787. The van der Waals surface area contributed by atoms with E-state index in [0.717, 1.165) is 11.1 Å². The topological polar surface area (TPSA) is 69.7 Å². The van der Waals surface area contributed by atoms with Gasteiger partial charge in [-0.3, -0.25) is 9.69 Å². The molecule has 0 spiro atoms. The minimum absolute atomic E-state index is 0.0452. The molecule has 6 nitrogen and oxygen atoms in total. The van der Waals surface area contributed by atoms with Gasteiger partial charge in [-0.05, 0) is 44.5 Å². The van der Waals surface area contributed by atoms with Gasteiger partial charge in [-0.25, -0.2) is 8.42 Å². The van der Waals surface area contributed by atoms with Crippen molar-refractivity contribution in [2.45, 2.75) is 31.2 Å². The SMILES string of the molecule is Cc1ccc(S(=O)(=O)N2CCCN(CC(=O)NC(C)c3ccccc3)CC2)cc1. The number of aryl methyl sites for hydroxylation is 1. The van der Waals surface area contributed by atoms with Crippen molar-refractivity contribution in [2.24, 2.45) is 0 Å². The molecule has 1 aliphatic heterocycles. The lowest BCUT2D eigenvalue weighted by Crippen LogP contribution is -2.40. The van der Waals surface area contributed by atoms with Crippen LogP contribution in [0.1, 0.15) is 30.5 Å². The third-order valence-corrected chi connectivity index (χ3v) is 7.16. The van der Waals surface area contributed by atoms with Crippen LogP contribution < -0.4 is 5.32 Å². The molecule has 1 N–H and O–H groups in total. The summed E-state index contributed by atoms with van der Waals surface area (Å²) in [5, 5.41) is 3.02. The Morgan fingerprint density at radius 3 is 2.38 bits per heavy atom.